The van der Waals surface area contributed by atoms with Gasteiger partial charge < -0.3 is 44.7 Å². The first-order valence-corrected chi connectivity index (χ1v) is 32.0. The number of carbonyl (C=O) groups is 5. The van der Waals surface area contributed by atoms with E-state index in [9.17, 15) is 33.4 Å². The number of carbonyl (C=O) groups excluding carboxylic acids is 5. The average Bonchev–Trinajstić information content (AvgIpc) is 3.94. The zero-order chi connectivity index (χ0) is 53.6. The van der Waals surface area contributed by atoms with Gasteiger partial charge in [0.15, 0.2) is 6.10 Å². The molecule has 0 aromatic rings. The van der Waals surface area contributed by atoms with Crippen molar-refractivity contribution < 1.29 is 81.5 Å². The summed E-state index contributed by atoms with van der Waals surface area (Å²) in [5.74, 6) is -0.273. The Labute approximate surface area is 480 Å². The Morgan fingerprint density at radius 3 is 1.63 bits per heavy atom. The largest absolute Gasteiger partial charge is 1.00 e. The summed E-state index contributed by atoms with van der Waals surface area (Å²) in [5, 5.41) is 11.9. The van der Waals surface area contributed by atoms with E-state index in [1.165, 1.54) is 77.0 Å². The van der Waals surface area contributed by atoms with Crippen LogP contribution in [0, 0.1) is 0 Å². The third-order valence-corrected chi connectivity index (χ3v) is 16.1. The summed E-state index contributed by atoms with van der Waals surface area (Å²) in [6.45, 7) is 3.69. The molecule has 428 valence electrons. The van der Waals surface area contributed by atoms with E-state index >= 15 is 0 Å². The van der Waals surface area contributed by atoms with Crippen LogP contribution in [0.4, 0.5) is 4.79 Å². The molecule has 75 heavy (non-hydrogen) atoms. The van der Waals surface area contributed by atoms with Crippen molar-refractivity contribution in [3.8, 4) is 0 Å². The zero-order valence-corrected chi connectivity index (χ0v) is 50.9. The van der Waals surface area contributed by atoms with Gasteiger partial charge in [-0.2, -0.15) is 11.8 Å². The Hall–Kier alpha value is -1.91. The predicted molar refractivity (Wildman–Crippen MR) is 298 cm³/mol. The molecule has 5 unspecified atom stereocenters. The molecule has 2 saturated heterocycles. The van der Waals surface area contributed by atoms with Gasteiger partial charge in [0.25, 0.3) is 7.82 Å². The van der Waals surface area contributed by atoms with Crippen molar-refractivity contribution in [2.75, 3.05) is 38.7 Å². The number of ether oxygens (including phenoxy) is 2. The second-order valence-corrected chi connectivity index (χ2v) is 23.1. The number of esters is 2. The molecule has 2 aliphatic heterocycles. The molecule has 5 atom stereocenters. The first kappa shape index (κ1) is 71.1. The number of phosphoric acid groups is 1. The number of allylic oxidation sites excluding steroid dienone is 4. The fourth-order valence-electron chi connectivity index (χ4n) is 9.12. The van der Waals surface area contributed by atoms with Crippen molar-refractivity contribution in [1.29, 1.82) is 0 Å². The fourth-order valence-corrected chi connectivity index (χ4v) is 11.4. The minimum absolute atomic E-state index is 0. The SMILES string of the molecule is CCCCCCCC/C=C/CCCCCCCC(=O)OCC(COP(=O)([O-])OCCNC(=O)CCCCCNC(=O)CCCCC1SCC2NC(=O)NC21)OC(=O)CCCCCCC/C=C/CCCCCCCC.[Na+]. The van der Waals surface area contributed by atoms with E-state index < -0.39 is 32.5 Å². The second-order valence-electron chi connectivity index (χ2n) is 20.4. The van der Waals surface area contributed by atoms with E-state index in [-0.39, 0.29) is 98.5 Å². The first-order chi connectivity index (χ1) is 36.0. The molecular formula is C57H102N4NaO11PS. The van der Waals surface area contributed by atoms with Gasteiger partial charge in [-0.15, -0.1) is 0 Å². The van der Waals surface area contributed by atoms with Crippen LogP contribution >= 0.6 is 19.6 Å². The number of unbranched alkanes of at least 4 members (excludes halogenated alkanes) is 25. The number of hydrogen-bond acceptors (Lipinski definition) is 12. The molecule has 4 N–H and O–H groups in total. The Morgan fingerprint density at radius 1 is 0.600 bits per heavy atom. The van der Waals surface area contributed by atoms with E-state index in [2.05, 4.69) is 59.4 Å². The van der Waals surface area contributed by atoms with Gasteiger partial charge in [0.2, 0.25) is 11.8 Å². The second kappa shape index (κ2) is 49.2. The summed E-state index contributed by atoms with van der Waals surface area (Å²) in [6, 6.07) is 0.296. The molecule has 18 heteroatoms. The summed E-state index contributed by atoms with van der Waals surface area (Å²) in [7, 11) is -4.85. The molecule has 2 heterocycles. The number of fused-ring (bicyclic) bond motifs is 1. The normalized spacial score (nSPS) is 17.3. The van der Waals surface area contributed by atoms with Gasteiger partial charge in [0.1, 0.15) is 6.61 Å². The van der Waals surface area contributed by atoms with Crippen molar-refractivity contribution in [2.24, 2.45) is 0 Å². The minimum atomic E-state index is -4.85. The Balaban J connectivity index is 0.0000281. The van der Waals surface area contributed by atoms with E-state index in [1.807, 2.05) is 11.8 Å². The molecule has 0 saturated carbocycles. The van der Waals surface area contributed by atoms with Gasteiger partial charge in [-0.1, -0.05) is 154 Å². The smallest absolute Gasteiger partial charge is 0.756 e. The number of thioether (sulfide) groups is 1. The molecule has 0 aromatic carbocycles. The Morgan fingerprint density at radius 2 is 1.07 bits per heavy atom. The van der Waals surface area contributed by atoms with Gasteiger partial charge >= 0.3 is 47.5 Å². The monoisotopic (exact) mass is 1100 g/mol. The first-order valence-electron chi connectivity index (χ1n) is 29.5. The molecule has 15 nitrogen and oxygen atoms in total. The summed E-state index contributed by atoms with van der Waals surface area (Å²) < 4.78 is 33.7. The van der Waals surface area contributed by atoms with E-state index in [4.69, 9.17) is 18.5 Å². The van der Waals surface area contributed by atoms with Crippen molar-refractivity contribution in [2.45, 2.75) is 268 Å². The average molecular weight is 1110 g/mol. The van der Waals surface area contributed by atoms with Crippen LogP contribution in [-0.2, 0) is 42.3 Å². The van der Waals surface area contributed by atoms with Gasteiger partial charge in [-0.25, -0.2) is 4.79 Å². The summed E-state index contributed by atoms with van der Waals surface area (Å²) in [4.78, 5) is 74.4. The van der Waals surface area contributed by atoms with E-state index in [0.717, 1.165) is 115 Å². The minimum Gasteiger partial charge on any atom is -0.756 e. The number of nitrogens with one attached hydrogen (secondary N) is 4. The van der Waals surface area contributed by atoms with Gasteiger partial charge in [-0.05, 0) is 89.9 Å². The van der Waals surface area contributed by atoms with Crippen LogP contribution in [0.1, 0.15) is 245 Å². The number of urea groups is 1. The van der Waals surface area contributed by atoms with Crippen LogP contribution in [0.2, 0.25) is 0 Å². The topological polar surface area (TPSA) is 211 Å². The number of rotatable bonds is 51. The van der Waals surface area contributed by atoms with E-state index in [0.29, 0.717) is 37.5 Å². The van der Waals surface area contributed by atoms with Crippen LogP contribution in [0.3, 0.4) is 0 Å². The molecule has 0 radical (unpaired) electrons. The Kier molecular flexibility index (Phi) is 46.6. The van der Waals surface area contributed by atoms with Gasteiger partial charge in [0.05, 0.1) is 25.3 Å². The number of amides is 4. The molecule has 0 bridgehead atoms. The molecule has 2 rings (SSSR count). The molecule has 2 fully saturated rings. The maximum absolute atomic E-state index is 12.8. The standard InChI is InChI=1S/C57H103N4O11PS.Na/c1-3-5-7-9-11-13-15-17-19-21-23-25-27-29-33-41-54(64)69-46-49(72-55(65)42-34-30-28-26-24-22-20-18-16-14-12-10-8-6-4-2)47-71-73(67,68)70-45-44-59-53(63)39-32-31-37-43-58-52(62)40-36-35-38-51-56-50(48-74-51)60-57(66)61-56;/h17-20,49-51,56H,3-16,21-48H2,1-2H3,(H,58,62)(H,59,63)(H,67,68)(H2,60,61,66);/q;+1/p-1/b19-17+,20-18+;. The van der Waals surface area contributed by atoms with Crippen LogP contribution in [0.25, 0.3) is 0 Å². The van der Waals surface area contributed by atoms with Gasteiger partial charge in [-0.3, -0.25) is 23.7 Å². The van der Waals surface area contributed by atoms with Crippen molar-refractivity contribution in [1.82, 2.24) is 21.3 Å². The summed E-state index contributed by atoms with van der Waals surface area (Å²) in [6.07, 6.45) is 43.6. The van der Waals surface area contributed by atoms with Crippen LogP contribution in [0.5, 0.6) is 0 Å². The molecule has 2 aliphatic rings. The van der Waals surface area contributed by atoms with Crippen molar-refractivity contribution >= 4 is 49.4 Å². The van der Waals surface area contributed by atoms with Crippen LogP contribution < -0.4 is 55.7 Å². The quantitative estimate of drug-likeness (QED) is 0.0112. The third kappa shape index (κ3) is 41.8. The zero-order valence-electron chi connectivity index (χ0n) is 47.2. The number of phosphoric ester groups is 1. The number of hydrogen-bond donors (Lipinski definition) is 4. The van der Waals surface area contributed by atoms with Crippen molar-refractivity contribution in [3.05, 3.63) is 24.3 Å². The fraction of sp³-hybridized carbons (Fsp3) is 0.842. The predicted octanol–water partition coefficient (Wildman–Crippen LogP) is 9.54. The van der Waals surface area contributed by atoms with Crippen LogP contribution in [0.15, 0.2) is 24.3 Å². The molecular weight excluding hydrogens is 1000 g/mol. The Bertz CT molecular complexity index is 1600. The molecule has 4 amide bonds. The van der Waals surface area contributed by atoms with Crippen molar-refractivity contribution in [3.63, 3.8) is 0 Å². The third-order valence-electron chi connectivity index (χ3n) is 13.6. The van der Waals surface area contributed by atoms with Gasteiger partial charge in [0, 0.05) is 49.8 Å². The maximum atomic E-state index is 12.8. The molecule has 0 aromatic heterocycles. The molecule has 0 aliphatic carbocycles. The van der Waals surface area contributed by atoms with E-state index in [1.54, 1.807) is 0 Å². The maximum Gasteiger partial charge on any atom is 1.00 e. The summed E-state index contributed by atoms with van der Waals surface area (Å²) >= 11 is 1.87. The summed E-state index contributed by atoms with van der Waals surface area (Å²) in [5.41, 5.74) is 0. The molecule has 0 spiro atoms. The van der Waals surface area contributed by atoms with Crippen LogP contribution in [-0.4, -0.2) is 91.9 Å².